The van der Waals surface area contributed by atoms with Crippen LogP contribution in [0.15, 0.2) is 54.6 Å². The number of aliphatic hydroxyl groups is 1. The van der Waals surface area contributed by atoms with Crippen LogP contribution in [0.2, 0.25) is 0 Å². The molecule has 0 aliphatic heterocycles. The summed E-state index contributed by atoms with van der Waals surface area (Å²) < 4.78 is 5.77. The van der Waals surface area contributed by atoms with Crippen molar-refractivity contribution in [1.29, 1.82) is 0 Å². The Balaban J connectivity index is 1.99. The Hall–Kier alpha value is -2.37. The molecule has 0 aliphatic rings. The van der Waals surface area contributed by atoms with Gasteiger partial charge in [-0.3, -0.25) is 4.79 Å². The monoisotopic (exact) mass is 370 g/mol. The molecule has 0 unspecified atom stereocenters. The van der Waals surface area contributed by atoms with Crippen molar-refractivity contribution >= 4 is 5.91 Å². The molecule has 1 amide bonds. The number of ether oxygens (including phenoxy) is 1. The van der Waals surface area contributed by atoms with Gasteiger partial charge in [-0.2, -0.15) is 0 Å². The first-order chi connectivity index (χ1) is 12.9. The highest BCUT2D eigenvalue weighted by molar-refractivity contribution is 5.96. The Morgan fingerprint density at radius 1 is 1.11 bits per heavy atom. The van der Waals surface area contributed by atoms with Crippen LogP contribution in [0.3, 0.4) is 0 Å². The first-order valence-electron chi connectivity index (χ1n) is 9.23. The second kappa shape index (κ2) is 10.1. The summed E-state index contributed by atoms with van der Waals surface area (Å²) in [5.74, 6) is 0.383. The first kappa shape index (κ1) is 20.9. The summed E-state index contributed by atoms with van der Waals surface area (Å²) in [4.78, 5) is 14.7. The van der Waals surface area contributed by atoms with Gasteiger partial charge in [-0.15, -0.1) is 0 Å². The third kappa shape index (κ3) is 6.70. The summed E-state index contributed by atoms with van der Waals surface area (Å²) in [6, 6.07) is 17.2. The van der Waals surface area contributed by atoms with Crippen LogP contribution >= 0.6 is 0 Å². The highest BCUT2D eigenvalue weighted by Crippen LogP contribution is 2.22. The van der Waals surface area contributed by atoms with E-state index >= 15 is 0 Å². The van der Waals surface area contributed by atoms with Crippen LogP contribution in [0.4, 0.5) is 0 Å². The molecule has 0 fully saturated rings. The van der Waals surface area contributed by atoms with Crippen LogP contribution in [0.25, 0.3) is 0 Å². The van der Waals surface area contributed by atoms with Crippen LogP contribution in [-0.4, -0.2) is 56.3 Å². The molecule has 1 atom stereocenters. The van der Waals surface area contributed by atoms with Crippen molar-refractivity contribution in [2.75, 3.05) is 40.4 Å². The summed E-state index contributed by atoms with van der Waals surface area (Å²) in [6.07, 6.45) is 0.686. The molecular formula is C22H30N2O3. The molecule has 0 spiro atoms. The van der Waals surface area contributed by atoms with Gasteiger partial charge in [0.25, 0.3) is 5.91 Å². The molecule has 146 valence electrons. The molecule has 0 heterocycles. The second-order valence-electron chi connectivity index (χ2n) is 7.46. The number of amides is 1. The first-order valence-corrected chi connectivity index (χ1v) is 9.23. The lowest BCUT2D eigenvalue weighted by Gasteiger charge is -2.28. The summed E-state index contributed by atoms with van der Waals surface area (Å²) in [5, 5.41) is 12.8. The van der Waals surface area contributed by atoms with Gasteiger partial charge in [0.15, 0.2) is 0 Å². The van der Waals surface area contributed by atoms with Crippen LogP contribution in [-0.2, 0) is 6.42 Å². The lowest BCUT2D eigenvalue weighted by molar-refractivity contribution is 0.0891. The number of hydrogen-bond donors (Lipinski definition) is 2. The van der Waals surface area contributed by atoms with Crippen molar-refractivity contribution in [3.63, 3.8) is 0 Å². The fraction of sp³-hybridized carbons (Fsp3) is 0.409. The zero-order chi connectivity index (χ0) is 19.7. The molecule has 5 nitrogen and oxygen atoms in total. The molecule has 2 aromatic rings. The predicted octanol–water partition coefficient (Wildman–Crippen LogP) is 2.60. The van der Waals surface area contributed by atoms with Gasteiger partial charge in [0.1, 0.15) is 12.4 Å². The zero-order valence-corrected chi connectivity index (χ0v) is 16.4. The van der Waals surface area contributed by atoms with E-state index in [1.54, 1.807) is 12.1 Å². The average Bonchev–Trinajstić information content (AvgIpc) is 2.67. The molecule has 0 bridgehead atoms. The Morgan fingerprint density at radius 2 is 1.78 bits per heavy atom. The molecule has 2 aromatic carbocycles. The summed E-state index contributed by atoms with van der Waals surface area (Å²) in [7, 11) is 3.95. The van der Waals surface area contributed by atoms with Gasteiger partial charge in [-0.1, -0.05) is 49.4 Å². The molecular weight excluding hydrogens is 340 g/mol. The maximum absolute atomic E-state index is 12.7. The minimum atomic E-state index is -0.433. The maximum atomic E-state index is 12.7. The number of hydrogen-bond acceptors (Lipinski definition) is 4. The van der Waals surface area contributed by atoms with Gasteiger partial charge in [-0.25, -0.2) is 0 Å². The van der Waals surface area contributed by atoms with Crippen LogP contribution in [0, 0.1) is 5.41 Å². The highest BCUT2D eigenvalue weighted by Gasteiger charge is 2.25. The highest BCUT2D eigenvalue weighted by atomic mass is 16.5. The molecule has 0 aromatic heterocycles. The summed E-state index contributed by atoms with van der Waals surface area (Å²) in [6.45, 7) is 3.63. The van der Waals surface area contributed by atoms with E-state index in [1.807, 2.05) is 68.4 Å². The third-order valence-electron chi connectivity index (χ3n) is 4.46. The standard InChI is InChI=1S/C22H30N2O3/c1-22(17-25,15-18-9-5-4-6-10-18)16-23-21(26)19-11-7-8-12-20(19)27-14-13-24(2)3/h4-12,25H,13-17H2,1-3H3,(H,23,26)/t22-/m1/s1. The van der Waals surface area contributed by atoms with Crippen molar-refractivity contribution in [2.24, 2.45) is 5.41 Å². The molecule has 5 heteroatoms. The number of aliphatic hydroxyl groups excluding tert-OH is 1. The number of likely N-dealkylation sites (N-methyl/N-ethyl adjacent to an activating group) is 1. The minimum absolute atomic E-state index is 0.0108. The van der Waals surface area contributed by atoms with Crippen LogP contribution in [0.1, 0.15) is 22.8 Å². The van der Waals surface area contributed by atoms with E-state index in [-0.39, 0.29) is 12.5 Å². The van der Waals surface area contributed by atoms with E-state index in [9.17, 15) is 9.90 Å². The Labute approximate surface area is 162 Å². The van der Waals surface area contributed by atoms with Gasteiger partial charge in [0, 0.05) is 18.5 Å². The second-order valence-corrected chi connectivity index (χ2v) is 7.46. The number of carbonyl (C=O) groups excluding carboxylic acids is 1. The quantitative estimate of drug-likeness (QED) is 0.675. The Morgan fingerprint density at radius 3 is 2.44 bits per heavy atom. The summed E-state index contributed by atoms with van der Waals surface area (Å²) >= 11 is 0. The zero-order valence-electron chi connectivity index (χ0n) is 16.4. The van der Waals surface area contributed by atoms with Gasteiger partial charge in [0.05, 0.1) is 12.2 Å². The molecule has 0 aliphatic carbocycles. The fourth-order valence-corrected chi connectivity index (χ4v) is 2.77. The largest absolute Gasteiger partial charge is 0.491 e. The van der Waals surface area contributed by atoms with E-state index < -0.39 is 5.41 Å². The normalized spacial score (nSPS) is 13.2. The van der Waals surface area contributed by atoms with Crippen molar-refractivity contribution in [2.45, 2.75) is 13.3 Å². The molecule has 0 saturated carbocycles. The number of carbonyl (C=O) groups is 1. The van der Waals surface area contributed by atoms with E-state index in [1.165, 1.54) is 0 Å². The smallest absolute Gasteiger partial charge is 0.255 e. The topological polar surface area (TPSA) is 61.8 Å². The number of para-hydroxylation sites is 1. The van der Waals surface area contributed by atoms with Crippen molar-refractivity contribution in [1.82, 2.24) is 10.2 Å². The van der Waals surface area contributed by atoms with E-state index in [2.05, 4.69) is 5.32 Å². The Kier molecular flexibility index (Phi) is 7.82. The SMILES string of the molecule is CN(C)CCOc1ccccc1C(=O)NC[C@](C)(CO)Cc1ccccc1. The fourth-order valence-electron chi connectivity index (χ4n) is 2.77. The maximum Gasteiger partial charge on any atom is 0.255 e. The predicted molar refractivity (Wildman–Crippen MR) is 108 cm³/mol. The van der Waals surface area contributed by atoms with E-state index in [0.29, 0.717) is 30.9 Å². The average molecular weight is 370 g/mol. The number of nitrogens with one attached hydrogen (secondary N) is 1. The molecule has 2 rings (SSSR count). The Bertz CT molecular complexity index is 719. The van der Waals surface area contributed by atoms with Gasteiger partial charge in [-0.05, 0) is 38.2 Å². The number of benzene rings is 2. The van der Waals surface area contributed by atoms with E-state index in [0.717, 1.165) is 12.1 Å². The van der Waals surface area contributed by atoms with Gasteiger partial charge in [0.2, 0.25) is 0 Å². The van der Waals surface area contributed by atoms with E-state index in [4.69, 9.17) is 4.74 Å². The van der Waals surface area contributed by atoms with Crippen LogP contribution in [0.5, 0.6) is 5.75 Å². The lowest BCUT2D eigenvalue weighted by Crippen LogP contribution is -2.39. The minimum Gasteiger partial charge on any atom is -0.491 e. The number of nitrogens with zero attached hydrogens (tertiary/aromatic N) is 1. The van der Waals surface area contributed by atoms with Crippen molar-refractivity contribution in [3.05, 3.63) is 65.7 Å². The lowest BCUT2D eigenvalue weighted by atomic mass is 9.84. The summed E-state index contributed by atoms with van der Waals surface area (Å²) in [5.41, 5.74) is 1.21. The van der Waals surface area contributed by atoms with Crippen LogP contribution < -0.4 is 10.1 Å². The van der Waals surface area contributed by atoms with Gasteiger partial charge >= 0.3 is 0 Å². The molecule has 0 saturated heterocycles. The van der Waals surface area contributed by atoms with Crippen molar-refractivity contribution in [3.8, 4) is 5.75 Å². The molecule has 27 heavy (non-hydrogen) atoms. The molecule has 2 N–H and O–H groups in total. The third-order valence-corrected chi connectivity index (χ3v) is 4.46. The molecule has 0 radical (unpaired) electrons. The van der Waals surface area contributed by atoms with Gasteiger partial charge < -0.3 is 20.1 Å². The van der Waals surface area contributed by atoms with Crippen molar-refractivity contribution < 1.29 is 14.6 Å². The number of rotatable bonds is 10.